The first-order valence-electron chi connectivity index (χ1n) is 5.33. The second-order valence-corrected chi connectivity index (χ2v) is 4.56. The van der Waals surface area contributed by atoms with Crippen LogP contribution in [0.25, 0.3) is 0 Å². The lowest BCUT2D eigenvalue weighted by atomic mass is 9.85. The lowest BCUT2D eigenvalue weighted by molar-refractivity contribution is 0.264. The zero-order valence-corrected chi connectivity index (χ0v) is 9.24. The molecule has 0 bridgehead atoms. The third-order valence-corrected chi connectivity index (χ3v) is 3.44. The lowest BCUT2D eigenvalue weighted by Crippen LogP contribution is -2.18. The van der Waals surface area contributed by atoms with E-state index in [4.69, 9.17) is 11.6 Å². The van der Waals surface area contributed by atoms with E-state index in [2.05, 4.69) is 17.2 Å². The summed E-state index contributed by atoms with van der Waals surface area (Å²) in [6.07, 6.45) is 6.95. The SMILES string of the molecule is CCC(Cl)c1cn(CC2CCC2)nn1. The largest absolute Gasteiger partial charge is 0.252 e. The summed E-state index contributed by atoms with van der Waals surface area (Å²) >= 11 is 6.07. The molecule has 14 heavy (non-hydrogen) atoms. The Hall–Kier alpha value is -0.570. The van der Waals surface area contributed by atoms with Crippen LogP contribution >= 0.6 is 11.6 Å². The first-order valence-corrected chi connectivity index (χ1v) is 5.77. The maximum atomic E-state index is 6.07. The third-order valence-electron chi connectivity index (χ3n) is 2.91. The number of aromatic nitrogens is 3. The van der Waals surface area contributed by atoms with Gasteiger partial charge in [-0.1, -0.05) is 18.6 Å². The van der Waals surface area contributed by atoms with E-state index in [1.165, 1.54) is 19.3 Å². The Bertz CT molecular complexity index is 293. The fourth-order valence-corrected chi connectivity index (χ4v) is 1.80. The number of halogens is 1. The lowest BCUT2D eigenvalue weighted by Gasteiger charge is -2.24. The minimum absolute atomic E-state index is 0.0186. The van der Waals surface area contributed by atoms with E-state index in [9.17, 15) is 0 Å². The van der Waals surface area contributed by atoms with E-state index >= 15 is 0 Å². The summed E-state index contributed by atoms with van der Waals surface area (Å²) < 4.78 is 1.93. The van der Waals surface area contributed by atoms with Gasteiger partial charge in [0, 0.05) is 12.7 Å². The van der Waals surface area contributed by atoms with Crippen LogP contribution in [0.5, 0.6) is 0 Å². The predicted molar refractivity (Wildman–Crippen MR) is 56.2 cm³/mol. The molecule has 1 aliphatic rings. The first-order chi connectivity index (χ1) is 6.79. The van der Waals surface area contributed by atoms with Crippen LogP contribution in [0.2, 0.25) is 0 Å². The molecule has 0 spiro atoms. The Morgan fingerprint density at radius 1 is 1.64 bits per heavy atom. The van der Waals surface area contributed by atoms with Gasteiger partial charge in [0.2, 0.25) is 0 Å². The summed E-state index contributed by atoms with van der Waals surface area (Å²) in [5.74, 6) is 0.819. The van der Waals surface area contributed by atoms with Gasteiger partial charge in [0.05, 0.1) is 5.38 Å². The summed E-state index contributed by atoms with van der Waals surface area (Å²) in [7, 11) is 0. The first kappa shape index (κ1) is 9.97. The number of alkyl halides is 1. The topological polar surface area (TPSA) is 30.7 Å². The molecule has 2 rings (SSSR count). The highest BCUT2D eigenvalue weighted by Gasteiger charge is 2.19. The molecule has 1 aliphatic carbocycles. The standard InChI is InChI=1S/C10H16ClN3/c1-2-9(11)10-7-14(13-12-10)6-8-4-3-5-8/h7-9H,2-6H2,1H3. The van der Waals surface area contributed by atoms with Crippen molar-refractivity contribution >= 4 is 11.6 Å². The third kappa shape index (κ3) is 2.08. The molecule has 3 nitrogen and oxygen atoms in total. The van der Waals surface area contributed by atoms with E-state index in [0.29, 0.717) is 0 Å². The number of hydrogen-bond acceptors (Lipinski definition) is 2. The fraction of sp³-hybridized carbons (Fsp3) is 0.800. The average molecular weight is 214 g/mol. The molecule has 1 saturated carbocycles. The molecule has 0 aromatic carbocycles. The summed E-state index contributed by atoms with van der Waals surface area (Å²) in [5.41, 5.74) is 0.911. The normalized spacial score (nSPS) is 19.3. The molecule has 0 N–H and O–H groups in total. The van der Waals surface area contributed by atoms with Gasteiger partial charge in [-0.05, 0) is 25.2 Å². The van der Waals surface area contributed by atoms with E-state index < -0.39 is 0 Å². The Kier molecular flexibility index (Phi) is 3.06. The average Bonchev–Trinajstić information content (AvgIpc) is 2.58. The van der Waals surface area contributed by atoms with Crippen LogP contribution in [0.3, 0.4) is 0 Å². The molecular weight excluding hydrogens is 198 g/mol. The van der Waals surface area contributed by atoms with Crippen molar-refractivity contribution in [3.05, 3.63) is 11.9 Å². The van der Waals surface area contributed by atoms with Gasteiger partial charge < -0.3 is 0 Å². The van der Waals surface area contributed by atoms with Crippen molar-refractivity contribution in [3.63, 3.8) is 0 Å². The van der Waals surface area contributed by atoms with Crippen molar-refractivity contribution in [2.45, 2.75) is 44.5 Å². The molecule has 0 saturated heterocycles. The van der Waals surface area contributed by atoms with Gasteiger partial charge >= 0.3 is 0 Å². The second kappa shape index (κ2) is 4.30. The van der Waals surface area contributed by atoms with E-state index in [1.807, 2.05) is 10.9 Å². The number of nitrogens with zero attached hydrogens (tertiary/aromatic N) is 3. The van der Waals surface area contributed by atoms with Crippen molar-refractivity contribution in [2.24, 2.45) is 5.92 Å². The highest BCUT2D eigenvalue weighted by atomic mass is 35.5. The number of rotatable bonds is 4. The van der Waals surface area contributed by atoms with Gasteiger partial charge in [-0.3, -0.25) is 4.68 Å². The monoisotopic (exact) mass is 213 g/mol. The predicted octanol–water partition coefficient (Wildman–Crippen LogP) is 2.77. The molecule has 0 radical (unpaired) electrons. The van der Waals surface area contributed by atoms with Gasteiger partial charge in [0.15, 0.2) is 0 Å². The molecular formula is C10H16ClN3. The van der Waals surface area contributed by atoms with Crippen molar-refractivity contribution in [2.75, 3.05) is 0 Å². The molecule has 1 heterocycles. The van der Waals surface area contributed by atoms with Crippen LogP contribution in [0.1, 0.15) is 43.7 Å². The van der Waals surface area contributed by atoms with E-state index in [1.54, 1.807) is 0 Å². The van der Waals surface area contributed by atoms with Gasteiger partial charge in [0.25, 0.3) is 0 Å². The second-order valence-electron chi connectivity index (χ2n) is 4.04. The zero-order valence-electron chi connectivity index (χ0n) is 8.49. The molecule has 1 unspecified atom stereocenters. The fourth-order valence-electron chi connectivity index (χ4n) is 1.70. The van der Waals surface area contributed by atoms with Gasteiger partial charge in [-0.2, -0.15) is 0 Å². The van der Waals surface area contributed by atoms with Crippen LogP contribution < -0.4 is 0 Å². The van der Waals surface area contributed by atoms with Gasteiger partial charge in [-0.15, -0.1) is 16.7 Å². The minimum Gasteiger partial charge on any atom is -0.252 e. The molecule has 1 atom stereocenters. The number of hydrogen-bond donors (Lipinski definition) is 0. The van der Waals surface area contributed by atoms with Crippen LogP contribution in [0, 0.1) is 5.92 Å². The Labute approximate surface area is 89.4 Å². The highest BCUT2D eigenvalue weighted by Crippen LogP contribution is 2.28. The smallest absolute Gasteiger partial charge is 0.100 e. The molecule has 78 valence electrons. The van der Waals surface area contributed by atoms with E-state index in [0.717, 1.165) is 24.6 Å². The molecule has 1 aromatic rings. The van der Waals surface area contributed by atoms with Crippen molar-refractivity contribution in [3.8, 4) is 0 Å². The van der Waals surface area contributed by atoms with Crippen molar-refractivity contribution < 1.29 is 0 Å². The van der Waals surface area contributed by atoms with Crippen molar-refractivity contribution in [1.82, 2.24) is 15.0 Å². The van der Waals surface area contributed by atoms with Crippen LogP contribution in [-0.4, -0.2) is 15.0 Å². The zero-order chi connectivity index (χ0) is 9.97. The van der Waals surface area contributed by atoms with Crippen molar-refractivity contribution in [1.29, 1.82) is 0 Å². The summed E-state index contributed by atoms with van der Waals surface area (Å²) in [6, 6.07) is 0. The molecule has 0 aliphatic heterocycles. The Morgan fingerprint density at radius 2 is 2.43 bits per heavy atom. The summed E-state index contributed by atoms with van der Waals surface area (Å²) in [5, 5.41) is 8.19. The summed E-state index contributed by atoms with van der Waals surface area (Å²) in [4.78, 5) is 0. The maximum Gasteiger partial charge on any atom is 0.100 e. The Morgan fingerprint density at radius 3 is 3.00 bits per heavy atom. The van der Waals surface area contributed by atoms with Gasteiger partial charge in [-0.25, -0.2) is 0 Å². The molecule has 1 fully saturated rings. The molecule has 1 aromatic heterocycles. The minimum atomic E-state index is 0.0186. The quantitative estimate of drug-likeness (QED) is 0.721. The van der Waals surface area contributed by atoms with E-state index in [-0.39, 0.29) is 5.38 Å². The Balaban J connectivity index is 1.94. The van der Waals surface area contributed by atoms with Crippen LogP contribution in [-0.2, 0) is 6.54 Å². The summed E-state index contributed by atoms with van der Waals surface area (Å²) in [6.45, 7) is 3.07. The maximum absolute atomic E-state index is 6.07. The highest BCUT2D eigenvalue weighted by molar-refractivity contribution is 6.20. The molecule has 0 amide bonds. The van der Waals surface area contributed by atoms with Gasteiger partial charge in [0.1, 0.15) is 5.69 Å². The molecule has 4 heteroatoms. The van der Waals surface area contributed by atoms with Crippen LogP contribution in [0.15, 0.2) is 6.20 Å². The van der Waals surface area contributed by atoms with Crippen LogP contribution in [0.4, 0.5) is 0 Å².